The summed E-state index contributed by atoms with van der Waals surface area (Å²) >= 11 is 0. The topological polar surface area (TPSA) is 71.8 Å². The molecular formula is C8H7N3O2. The van der Waals surface area contributed by atoms with Crippen LogP contribution in [0.2, 0.25) is 0 Å². The quantitative estimate of drug-likeness (QED) is 0.533. The molecule has 0 saturated heterocycles. The third-order valence-corrected chi connectivity index (χ3v) is 2.00. The maximum absolute atomic E-state index is 10.6. The molecule has 5 nitrogen and oxygen atoms in total. The average molecular weight is 177 g/mol. The summed E-state index contributed by atoms with van der Waals surface area (Å²) in [6, 6.07) is 3.20. The van der Waals surface area contributed by atoms with Crippen LogP contribution in [0.15, 0.2) is 18.3 Å². The number of aryl methyl sites for hydroxylation is 1. The summed E-state index contributed by atoms with van der Waals surface area (Å²) in [5.74, 6) is 0. The lowest BCUT2D eigenvalue weighted by Crippen LogP contribution is -1.89. The van der Waals surface area contributed by atoms with E-state index in [0.717, 1.165) is 11.1 Å². The number of fused-ring (bicyclic) bond motifs is 1. The van der Waals surface area contributed by atoms with Crippen molar-refractivity contribution in [1.29, 1.82) is 0 Å². The molecule has 2 rings (SSSR count). The van der Waals surface area contributed by atoms with Crippen molar-refractivity contribution in [1.82, 2.24) is 10.2 Å². The molecule has 0 unspecified atom stereocenters. The number of nitrogens with one attached hydrogen (secondary N) is 1. The number of H-pyrrole nitrogens is 1. The van der Waals surface area contributed by atoms with Crippen LogP contribution in [0.5, 0.6) is 0 Å². The van der Waals surface area contributed by atoms with Gasteiger partial charge in [0.1, 0.15) is 0 Å². The second kappa shape index (κ2) is 2.55. The molecule has 66 valence electrons. The van der Waals surface area contributed by atoms with Crippen molar-refractivity contribution < 1.29 is 4.92 Å². The van der Waals surface area contributed by atoms with Gasteiger partial charge in [-0.3, -0.25) is 15.2 Å². The van der Waals surface area contributed by atoms with Gasteiger partial charge >= 0.3 is 0 Å². The minimum atomic E-state index is -0.405. The fraction of sp³-hybridized carbons (Fsp3) is 0.125. The molecule has 1 aromatic heterocycles. The van der Waals surface area contributed by atoms with Crippen LogP contribution in [0, 0.1) is 17.0 Å². The van der Waals surface area contributed by atoms with E-state index in [0.29, 0.717) is 5.39 Å². The number of benzene rings is 1. The number of nitro groups is 1. The van der Waals surface area contributed by atoms with Gasteiger partial charge in [0.25, 0.3) is 5.69 Å². The van der Waals surface area contributed by atoms with Crippen LogP contribution in [-0.2, 0) is 0 Å². The van der Waals surface area contributed by atoms with E-state index in [1.165, 1.54) is 12.3 Å². The van der Waals surface area contributed by atoms with Crippen molar-refractivity contribution in [3.05, 3.63) is 34.0 Å². The maximum Gasteiger partial charge on any atom is 0.280 e. The summed E-state index contributed by atoms with van der Waals surface area (Å²) in [7, 11) is 0. The lowest BCUT2D eigenvalue weighted by Gasteiger charge is -1.95. The van der Waals surface area contributed by atoms with E-state index >= 15 is 0 Å². The van der Waals surface area contributed by atoms with Gasteiger partial charge in [-0.1, -0.05) is 6.07 Å². The van der Waals surface area contributed by atoms with E-state index in [1.54, 1.807) is 6.07 Å². The Morgan fingerprint density at radius 1 is 1.54 bits per heavy atom. The molecule has 0 radical (unpaired) electrons. The highest BCUT2D eigenvalue weighted by atomic mass is 16.6. The molecule has 5 heteroatoms. The summed E-state index contributed by atoms with van der Waals surface area (Å²) in [6.07, 6.45) is 1.47. The number of hydrogen-bond donors (Lipinski definition) is 1. The average Bonchev–Trinajstić information content (AvgIpc) is 2.53. The summed E-state index contributed by atoms with van der Waals surface area (Å²) in [4.78, 5) is 10.2. The Hall–Kier alpha value is -1.91. The van der Waals surface area contributed by atoms with Gasteiger partial charge in [0, 0.05) is 6.07 Å². The Kier molecular flexibility index (Phi) is 1.51. The Bertz CT molecular complexity index is 475. The number of nitro benzene ring substituents is 1. The third-order valence-electron chi connectivity index (χ3n) is 2.00. The first-order valence-corrected chi connectivity index (χ1v) is 3.77. The van der Waals surface area contributed by atoms with Crippen molar-refractivity contribution in [3.63, 3.8) is 0 Å². The van der Waals surface area contributed by atoms with Crippen LogP contribution < -0.4 is 0 Å². The highest BCUT2D eigenvalue weighted by Gasteiger charge is 2.13. The van der Waals surface area contributed by atoms with Crippen LogP contribution in [-0.4, -0.2) is 15.1 Å². The molecule has 0 amide bonds. The van der Waals surface area contributed by atoms with E-state index in [4.69, 9.17) is 0 Å². The molecule has 0 fully saturated rings. The molecule has 0 atom stereocenters. The van der Waals surface area contributed by atoms with Crippen LogP contribution in [0.1, 0.15) is 5.56 Å². The number of non-ortho nitro benzene ring substituents is 1. The van der Waals surface area contributed by atoms with Gasteiger partial charge in [0.2, 0.25) is 0 Å². The predicted molar refractivity (Wildman–Crippen MR) is 47.5 cm³/mol. The molecule has 0 aliphatic heterocycles. The molecule has 2 aromatic rings. The highest BCUT2D eigenvalue weighted by molar-refractivity contribution is 5.89. The van der Waals surface area contributed by atoms with Gasteiger partial charge in [0.15, 0.2) is 0 Å². The molecule has 1 aromatic carbocycles. The van der Waals surface area contributed by atoms with Crippen molar-refractivity contribution in [2.45, 2.75) is 6.92 Å². The van der Waals surface area contributed by atoms with E-state index < -0.39 is 4.92 Å². The Morgan fingerprint density at radius 3 is 3.00 bits per heavy atom. The standard InChI is InChI=1S/C8H7N3O2/c1-5-2-3-7(11(12)13)6-4-9-10-8(5)6/h2-4H,1H3,(H,9,10). The Labute approximate surface area is 73.5 Å². The first-order chi connectivity index (χ1) is 6.20. The first-order valence-electron chi connectivity index (χ1n) is 3.77. The number of aromatic amines is 1. The smallest absolute Gasteiger partial charge is 0.277 e. The van der Waals surface area contributed by atoms with Crippen LogP contribution >= 0.6 is 0 Å². The summed E-state index contributed by atoms with van der Waals surface area (Å²) in [5, 5.41) is 17.7. The number of rotatable bonds is 1. The predicted octanol–water partition coefficient (Wildman–Crippen LogP) is 1.78. The van der Waals surface area contributed by atoms with Gasteiger partial charge in [-0.2, -0.15) is 5.10 Å². The second-order valence-electron chi connectivity index (χ2n) is 2.82. The Balaban J connectivity index is 2.86. The van der Waals surface area contributed by atoms with Crippen LogP contribution in [0.3, 0.4) is 0 Å². The van der Waals surface area contributed by atoms with Crippen molar-refractivity contribution in [3.8, 4) is 0 Å². The molecule has 1 N–H and O–H groups in total. The number of hydrogen-bond acceptors (Lipinski definition) is 3. The number of aromatic nitrogens is 2. The molecular weight excluding hydrogens is 170 g/mol. The zero-order chi connectivity index (χ0) is 9.42. The van der Waals surface area contributed by atoms with Gasteiger partial charge in [-0.05, 0) is 12.5 Å². The molecule has 1 heterocycles. The fourth-order valence-electron chi connectivity index (χ4n) is 1.32. The third kappa shape index (κ3) is 1.05. The summed E-state index contributed by atoms with van der Waals surface area (Å²) < 4.78 is 0. The van der Waals surface area contributed by atoms with Gasteiger partial charge in [0.05, 0.1) is 22.0 Å². The molecule has 0 spiro atoms. The van der Waals surface area contributed by atoms with E-state index in [-0.39, 0.29) is 5.69 Å². The summed E-state index contributed by atoms with van der Waals surface area (Å²) in [5.41, 5.74) is 1.78. The van der Waals surface area contributed by atoms with Gasteiger partial charge in [-0.25, -0.2) is 0 Å². The largest absolute Gasteiger partial charge is 0.280 e. The van der Waals surface area contributed by atoms with E-state index in [2.05, 4.69) is 10.2 Å². The normalized spacial score (nSPS) is 10.5. The summed E-state index contributed by atoms with van der Waals surface area (Å²) in [6.45, 7) is 1.88. The lowest BCUT2D eigenvalue weighted by molar-refractivity contribution is -0.383. The maximum atomic E-state index is 10.6. The van der Waals surface area contributed by atoms with E-state index in [1.807, 2.05) is 6.92 Å². The molecule has 13 heavy (non-hydrogen) atoms. The van der Waals surface area contributed by atoms with Crippen LogP contribution in [0.25, 0.3) is 10.9 Å². The van der Waals surface area contributed by atoms with Gasteiger partial charge in [-0.15, -0.1) is 0 Å². The minimum Gasteiger partial charge on any atom is -0.277 e. The van der Waals surface area contributed by atoms with E-state index in [9.17, 15) is 10.1 Å². The lowest BCUT2D eigenvalue weighted by atomic mass is 10.1. The van der Waals surface area contributed by atoms with Crippen molar-refractivity contribution in [2.24, 2.45) is 0 Å². The SMILES string of the molecule is Cc1ccc([N+](=O)[O-])c2cn[nH]c12. The monoisotopic (exact) mass is 177 g/mol. The van der Waals surface area contributed by atoms with Crippen molar-refractivity contribution in [2.75, 3.05) is 0 Å². The van der Waals surface area contributed by atoms with Gasteiger partial charge < -0.3 is 0 Å². The molecule has 0 aliphatic rings. The highest BCUT2D eigenvalue weighted by Crippen LogP contribution is 2.25. The number of nitrogens with zero attached hydrogens (tertiary/aromatic N) is 2. The zero-order valence-corrected chi connectivity index (χ0v) is 6.94. The van der Waals surface area contributed by atoms with Crippen LogP contribution in [0.4, 0.5) is 5.69 Å². The fourth-order valence-corrected chi connectivity index (χ4v) is 1.32. The molecule has 0 saturated carbocycles. The van der Waals surface area contributed by atoms with Crippen molar-refractivity contribution >= 4 is 16.6 Å². The first kappa shape index (κ1) is 7.72. The molecule has 0 bridgehead atoms. The second-order valence-corrected chi connectivity index (χ2v) is 2.82. The molecule has 0 aliphatic carbocycles. The zero-order valence-electron chi connectivity index (χ0n) is 6.94. The minimum absolute atomic E-state index is 0.0920. The Morgan fingerprint density at radius 2 is 2.31 bits per heavy atom.